The fourth-order valence-electron chi connectivity index (χ4n) is 1.67. The Morgan fingerprint density at radius 3 is 2.58 bits per heavy atom. The smallest absolute Gasteiger partial charge is 0.142 e. The lowest BCUT2D eigenvalue weighted by Crippen LogP contribution is -1.90. The van der Waals surface area contributed by atoms with Crippen LogP contribution in [0.3, 0.4) is 0 Å². The van der Waals surface area contributed by atoms with Crippen molar-refractivity contribution in [1.29, 1.82) is 0 Å². The Morgan fingerprint density at radius 1 is 1.58 bits per heavy atom. The first-order chi connectivity index (χ1) is 5.56. The van der Waals surface area contributed by atoms with E-state index in [-0.39, 0.29) is 0 Å². The highest BCUT2D eigenvalue weighted by molar-refractivity contribution is 5.65. The maximum Gasteiger partial charge on any atom is 0.142 e. The van der Waals surface area contributed by atoms with Crippen molar-refractivity contribution in [3.63, 3.8) is 0 Å². The SMILES string of the molecule is CC(=CC=O)CC[C@@H]1CC1(C)C. The molecule has 1 aliphatic carbocycles. The number of rotatable bonds is 4. The Kier molecular flexibility index (Phi) is 2.71. The van der Waals surface area contributed by atoms with Crippen molar-refractivity contribution in [3.05, 3.63) is 11.6 Å². The predicted molar refractivity (Wildman–Crippen MR) is 50.9 cm³/mol. The molecule has 1 aliphatic rings. The highest BCUT2D eigenvalue weighted by Crippen LogP contribution is 2.54. The molecular formula is C11H18O. The molecule has 0 aromatic heterocycles. The summed E-state index contributed by atoms with van der Waals surface area (Å²) in [6.45, 7) is 6.66. The fraction of sp³-hybridized carbons (Fsp3) is 0.727. The molecule has 0 bridgehead atoms. The summed E-state index contributed by atoms with van der Waals surface area (Å²) in [4.78, 5) is 10.1. The molecule has 0 aliphatic heterocycles. The van der Waals surface area contributed by atoms with Gasteiger partial charge in [-0.2, -0.15) is 0 Å². The van der Waals surface area contributed by atoms with Crippen molar-refractivity contribution in [2.24, 2.45) is 11.3 Å². The van der Waals surface area contributed by atoms with Crippen molar-refractivity contribution < 1.29 is 4.79 Å². The molecule has 0 saturated heterocycles. The highest BCUT2D eigenvalue weighted by atomic mass is 16.1. The summed E-state index contributed by atoms with van der Waals surface area (Å²) in [5.41, 5.74) is 1.80. The van der Waals surface area contributed by atoms with E-state index in [0.717, 1.165) is 18.6 Å². The van der Waals surface area contributed by atoms with Crippen LogP contribution in [-0.2, 0) is 4.79 Å². The molecule has 1 saturated carbocycles. The summed E-state index contributed by atoms with van der Waals surface area (Å²) in [6, 6.07) is 0. The van der Waals surface area contributed by atoms with Crippen molar-refractivity contribution >= 4 is 6.29 Å². The van der Waals surface area contributed by atoms with Gasteiger partial charge >= 0.3 is 0 Å². The molecule has 1 fully saturated rings. The van der Waals surface area contributed by atoms with E-state index in [9.17, 15) is 4.79 Å². The van der Waals surface area contributed by atoms with Gasteiger partial charge in [-0.25, -0.2) is 0 Å². The zero-order chi connectivity index (χ0) is 9.19. The highest BCUT2D eigenvalue weighted by Gasteiger charge is 2.44. The Labute approximate surface area is 74.9 Å². The summed E-state index contributed by atoms with van der Waals surface area (Å²) < 4.78 is 0. The largest absolute Gasteiger partial charge is 0.299 e. The van der Waals surface area contributed by atoms with E-state index in [0.29, 0.717) is 5.41 Å². The van der Waals surface area contributed by atoms with E-state index in [1.54, 1.807) is 6.08 Å². The van der Waals surface area contributed by atoms with Crippen LogP contribution in [0.2, 0.25) is 0 Å². The van der Waals surface area contributed by atoms with Crippen LogP contribution in [0, 0.1) is 11.3 Å². The molecule has 0 spiro atoms. The molecule has 0 amide bonds. The van der Waals surface area contributed by atoms with Crippen LogP contribution in [0.15, 0.2) is 11.6 Å². The van der Waals surface area contributed by atoms with Crippen LogP contribution in [0.1, 0.15) is 40.0 Å². The molecule has 68 valence electrons. The van der Waals surface area contributed by atoms with Gasteiger partial charge in [0.05, 0.1) is 0 Å². The average Bonchev–Trinajstić information content (AvgIpc) is 2.56. The average molecular weight is 166 g/mol. The molecule has 1 rings (SSSR count). The Balaban J connectivity index is 2.19. The van der Waals surface area contributed by atoms with Gasteiger partial charge in [-0.05, 0) is 43.6 Å². The van der Waals surface area contributed by atoms with Gasteiger partial charge in [0.15, 0.2) is 0 Å². The molecular weight excluding hydrogens is 148 g/mol. The van der Waals surface area contributed by atoms with Crippen molar-refractivity contribution in [1.82, 2.24) is 0 Å². The second-order valence-electron chi connectivity index (χ2n) is 4.58. The summed E-state index contributed by atoms with van der Waals surface area (Å²) >= 11 is 0. The first-order valence-corrected chi connectivity index (χ1v) is 4.67. The van der Waals surface area contributed by atoms with Gasteiger partial charge in [0, 0.05) is 0 Å². The Bertz CT molecular complexity index is 201. The van der Waals surface area contributed by atoms with Crippen LogP contribution < -0.4 is 0 Å². The van der Waals surface area contributed by atoms with Crippen LogP contribution in [0.5, 0.6) is 0 Å². The number of hydrogen-bond acceptors (Lipinski definition) is 1. The minimum atomic E-state index is 0.585. The minimum Gasteiger partial charge on any atom is -0.299 e. The predicted octanol–water partition coefficient (Wildman–Crippen LogP) is 2.96. The maximum atomic E-state index is 10.1. The summed E-state index contributed by atoms with van der Waals surface area (Å²) in [5, 5.41) is 0. The van der Waals surface area contributed by atoms with E-state index in [4.69, 9.17) is 0 Å². The maximum absolute atomic E-state index is 10.1. The zero-order valence-corrected chi connectivity index (χ0v) is 8.26. The number of allylic oxidation sites excluding steroid dienone is 2. The molecule has 1 nitrogen and oxygen atoms in total. The molecule has 1 atom stereocenters. The van der Waals surface area contributed by atoms with E-state index < -0.39 is 0 Å². The van der Waals surface area contributed by atoms with E-state index in [2.05, 4.69) is 13.8 Å². The quantitative estimate of drug-likeness (QED) is 0.463. The number of carbonyl (C=O) groups excluding carboxylic acids is 1. The van der Waals surface area contributed by atoms with E-state index >= 15 is 0 Å². The molecule has 0 heterocycles. The van der Waals surface area contributed by atoms with Crippen LogP contribution in [0.25, 0.3) is 0 Å². The Hall–Kier alpha value is -0.590. The minimum absolute atomic E-state index is 0.585. The first-order valence-electron chi connectivity index (χ1n) is 4.67. The third kappa shape index (κ3) is 2.47. The molecule has 1 heteroatoms. The third-order valence-corrected chi connectivity index (χ3v) is 2.96. The standard InChI is InChI=1S/C11H18O/c1-9(6-7-12)4-5-10-8-11(10,2)3/h6-7,10H,4-5,8H2,1-3H3/t10-/m1/s1. The van der Waals surface area contributed by atoms with Gasteiger partial charge in [0.25, 0.3) is 0 Å². The van der Waals surface area contributed by atoms with Crippen LogP contribution in [0.4, 0.5) is 0 Å². The third-order valence-electron chi connectivity index (χ3n) is 2.96. The lowest BCUT2D eigenvalue weighted by molar-refractivity contribution is -0.104. The molecule has 0 aromatic rings. The van der Waals surface area contributed by atoms with Gasteiger partial charge in [-0.15, -0.1) is 0 Å². The monoisotopic (exact) mass is 166 g/mol. The van der Waals surface area contributed by atoms with Crippen molar-refractivity contribution in [2.75, 3.05) is 0 Å². The molecule has 12 heavy (non-hydrogen) atoms. The number of carbonyl (C=O) groups is 1. The molecule has 0 radical (unpaired) electrons. The van der Waals surface area contributed by atoms with Crippen LogP contribution in [-0.4, -0.2) is 6.29 Å². The van der Waals surface area contributed by atoms with Crippen molar-refractivity contribution in [2.45, 2.75) is 40.0 Å². The normalized spacial score (nSPS) is 26.9. The van der Waals surface area contributed by atoms with Crippen molar-refractivity contribution in [3.8, 4) is 0 Å². The van der Waals surface area contributed by atoms with E-state index in [1.165, 1.54) is 18.4 Å². The van der Waals surface area contributed by atoms with Crippen LogP contribution >= 0.6 is 0 Å². The van der Waals surface area contributed by atoms with Gasteiger partial charge in [0.2, 0.25) is 0 Å². The fourth-order valence-corrected chi connectivity index (χ4v) is 1.67. The Morgan fingerprint density at radius 2 is 2.17 bits per heavy atom. The summed E-state index contributed by atoms with van der Waals surface area (Å²) in [5.74, 6) is 0.896. The lowest BCUT2D eigenvalue weighted by atomic mass is 10.0. The second kappa shape index (κ2) is 3.42. The van der Waals surface area contributed by atoms with Gasteiger partial charge in [-0.3, -0.25) is 4.79 Å². The van der Waals surface area contributed by atoms with Gasteiger partial charge in [-0.1, -0.05) is 19.4 Å². The van der Waals surface area contributed by atoms with Gasteiger partial charge < -0.3 is 0 Å². The number of hydrogen-bond donors (Lipinski definition) is 0. The lowest BCUT2D eigenvalue weighted by Gasteiger charge is -2.02. The van der Waals surface area contributed by atoms with Gasteiger partial charge in [0.1, 0.15) is 6.29 Å². The first kappa shape index (κ1) is 9.50. The van der Waals surface area contributed by atoms with E-state index in [1.807, 2.05) is 6.92 Å². The summed E-state index contributed by atoms with van der Waals surface area (Å²) in [6.07, 6.45) is 6.26. The zero-order valence-electron chi connectivity index (χ0n) is 8.26. The topological polar surface area (TPSA) is 17.1 Å². The second-order valence-corrected chi connectivity index (χ2v) is 4.58. The summed E-state index contributed by atoms with van der Waals surface area (Å²) in [7, 11) is 0. The molecule has 0 unspecified atom stereocenters. The molecule has 0 aromatic carbocycles. The number of aldehydes is 1. The molecule has 0 N–H and O–H groups in total.